The van der Waals surface area contributed by atoms with E-state index in [9.17, 15) is 18.8 Å². The van der Waals surface area contributed by atoms with Crippen LogP contribution in [0.25, 0.3) is 15.2 Å². The van der Waals surface area contributed by atoms with E-state index in [1.54, 1.807) is 43.9 Å². The molecule has 12 heteroatoms. The highest BCUT2D eigenvalue weighted by molar-refractivity contribution is 7.21. The molecule has 0 radical (unpaired) electrons. The third-order valence-corrected chi connectivity index (χ3v) is 8.06. The zero-order valence-electron chi connectivity index (χ0n) is 24.5. The Morgan fingerprint density at radius 1 is 1.20 bits per heavy atom. The number of aryl methyl sites for hydroxylation is 1. The minimum Gasteiger partial charge on any atom is -0.496 e. The first-order chi connectivity index (χ1) is 19.3. The summed E-state index contributed by atoms with van der Waals surface area (Å²) < 4.78 is 30.2. The van der Waals surface area contributed by atoms with Gasteiger partial charge in [-0.05, 0) is 72.7 Å². The zero-order chi connectivity index (χ0) is 30.2. The number of aromatic nitrogens is 4. The molecule has 1 N–H and O–H groups in total. The molecule has 4 aromatic rings. The lowest BCUT2D eigenvalue weighted by atomic mass is 10.0. The van der Waals surface area contributed by atoms with Crippen LogP contribution in [-0.4, -0.2) is 44.1 Å². The Kier molecular flexibility index (Phi) is 8.55. The van der Waals surface area contributed by atoms with Crippen LogP contribution in [0.2, 0.25) is 0 Å². The average molecular weight is 586 g/mol. The Morgan fingerprint density at radius 3 is 2.49 bits per heavy atom. The first-order valence-corrected chi connectivity index (χ1v) is 14.2. The minimum atomic E-state index is -1.53. The second-order valence-corrected chi connectivity index (χ2v) is 11.9. The number of methoxy groups -OCH3 is 1. The van der Waals surface area contributed by atoms with Gasteiger partial charge in [0, 0.05) is 29.6 Å². The zero-order valence-corrected chi connectivity index (χ0v) is 25.3. The van der Waals surface area contributed by atoms with E-state index < -0.39 is 34.6 Å². The molecule has 3 heterocycles. The topological polar surface area (TPSA) is 109 Å². The van der Waals surface area contributed by atoms with Gasteiger partial charge in [0.15, 0.2) is 0 Å². The van der Waals surface area contributed by atoms with Crippen molar-refractivity contribution in [2.24, 2.45) is 0 Å². The number of halogens is 1. The van der Waals surface area contributed by atoms with E-state index in [0.29, 0.717) is 32.1 Å². The molecule has 1 atom stereocenters. The third kappa shape index (κ3) is 5.71. The molecular weight excluding hydrogens is 549 g/mol. The molecule has 0 aliphatic rings. The Labute approximate surface area is 241 Å². The summed E-state index contributed by atoms with van der Waals surface area (Å²) in [6, 6.07) is 5.66. The number of benzene rings is 1. The molecule has 10 nitrogen and oxygen atoms in total. The van der Waals surface area contributed by atoms with Gasteiger partial charge in [-0.15, -0.1) is 0 Å². The fraction of sp³-hybridized carbons (Fsp3) is 0.448. The van der Waals surface area contributed by atoms with Gasteiger partial charge in [0.05, 0.1) is 25.1 Å². The second kappa shape index (κ2) is 11.6. The van der Waals surface area contributed by atoms with Gasteiger partial charge in [0.1, 0.15) is 33.0 Å². The highest BCUT2D eigenvalue weighted by Gasteiger charge is 2.36. The number of nitrogens with one attached hydrogen (secondary N) is 1. The molecule has 3 aromatic heterocycles. The van der Waals surface area contributed by atoms with Gasteiger partial charge in [-0.25, -0.2) is 18.4 Å². The number of ether oxygens (including phenoxy) is 2. The van der Waals surface area contributed by atoms with Gasteiger partial charge < -0.3 is 14.8 Å². The van der Waals surface area contributed by atoms with Crippen LogP contribution in [0.4, 0.5) is 4.39 Å². The average Bonchev–Trinajstić information content (AvgIpc) is 3.53. The maximum Gasteiger partial charge on any atom is 0.333 e. The van der Waals surface area contributed by atoms with Crippen molar-refractivity contribution < 1.29 is 18.7 Å². The second-order valence-electron chi connectivity index (χ2n) is 10.9. The summed E-state index contributed by atoms with van der Waals surface area (Å²) in [4.78, 5) is 42.1. The fourth-order valence-corrected chi connectivity index (χ4v) is 6.05. The maximum absolute atomic E-state index is 14.5. The monoisotopic (exact) mass is 585 g/mol. The van der Waals surface area contributed by atoms with Crippen molar-refractivity contribution in [2.45, 2.75) is 78.8 Å². The molecule has 0 fully saturated rings. The lowest BCUT2D eigenvalue weighted by Gasteiger charge is -2.29. The van der Waals surface area contributed by atoms with Crippen LogP contribution in [-0.2, 0) is 21.6 Å². The van der Waals surface area contributed by atoms with Gasteiger partial charge in [-0.2, -0.15) is 5.10 Å². The lowest BCUT2D eigenvalue weighted by Crippen LogP contribution is -2.56. The van der Waals surface area contributed by atoms with Crippen LogP contribution >= 0.6 is 11.3 Å². The summed E-state index contributed by atoms with van der Waals surface area (Å²) in [6.45, 7) is 12.1. The first-order valence-electron chi connectivity index (χ1n) is 13.4. The number of carbonyl (C=O) groups excluding carboxylic acids is 1. The number of hydrogen-bond donors (Lipinski definition) is 1. The van der Waals surface area contributed by atoms with Gasteiger partial charge in [-0.1, -0.05) is 11.3 Å². The van der Waals surface area contributed by atoms with Crippen molar-refractivity contribution in [2.75, 3.05) is 7.11 Å². The minimum absolute atomic E-state index is 0.0754. The summed E-state index contributed by atoms with van der Waals surface area (Å²) in [7, 11) is 1.47. The Hall–Kier alpha value is -3.77. The van der Waals surface area contributed by atoms with E-state index in [1.165, 1.54) is 55.1 Å². The molecule has 0 unspecified atom stereocenters. The summed E-state index contributed by atoms with van der Waals surface area (Å²) in [5.41, 5.74) is -1.77. The summed E-state index contributed by atoms with van der Waals surface area (Å²) in [6.07, 6.45) is 2.26. The highest BCUT2D eigenvalue weighted by Crippen LogP contribution is 2.35. The molecule has 220 valence electrons. The largest absolute Gasteiger partial charge is 0.496 e. The van der Waals surface area contributed by atoms with E-state index in [0.717, 1.165) is 4.57 Å². The number of hydrogen-bond acceptors (Lipinski definition) is 7. The van der Waals surface area contributed by atoms with E-state index in [2.05, 4.69) is 10.4 Å². The summed E-state index contributed by atoms with van der Waals surface area (Å²) >= 11 is 1.23. The number of thiophene rings is 1. The van der Waals surface area contributed by atoms with E-state index in [-0.39, 0.29) is 18.7 Å². The molecule has 0 aliphatic carbocycles. The molecule has 0 aliphatic heterocycles. The number of nitrogens with zero attached hydrogens (tertiary/aromatic N) is 4. The van der Waals surface area contributed by atoms with Crippen LogP contribution in [0.1, 0.15) is 58.8 Å². The van der Waals surface area contributed by atoms with E-state index in [1.807, 2.05) is 13.8 Å². The Balaban J connectivity index is 2.05. The fourth-order valence-electron chi connectivity index (χ4n) is 4.80. The third-order valence-electron chi connectivity index (χ3n) is 6.76. The summed E-state index contributed by atoms with van der Waals surface area (Å²) in [5, 5.41) is 8.09. The normalized spacial score (nSPS) is 12.9. The standard InChI is InChI=1S/C29H36FN5O5S/c1-16(2)32-27(37)29(6,7)35-24(36)23-18(5)25(34-13-9-12-31-34)41-26(23)33(28(35)38)15-22(40-17(3)4)20-14-19(30)10-11-21(20)39-8/h9-14,16-17,22H,15H2,1-8H3,(H,32,37)/t22-/m0/s1. The van der Waals surface area contributed by atoms with E-state index >= 15 is 0 Å². The molecule has 4 rings (SSSR count). The number of fused-ring (bicyclic) bond motifs is 1. The highest BCUT2D eigenvalue weighted by atomic mass is 32.1. The van der Waals surface area contributed by atoms with E-state index in [4.69, 9.17) is 9.47 Å². The SMILES string of the molecule is COc1ccc(F)cc1[C@H](Cn1c(=O)n(C(C)(C)C(=O)NC(C)C)c(=O)c2c(C)c(-n3cccn3)sc21)OC(C)C. The van der Waals surface area contributed by atoms with Crippen LogP contribution in [0.5, 0.6) is 5.75 Å². The lowest BCUT2D eigenvalue weighted by molar-refractivity contribution is -0.129. The number of rotatable bonds is 10. The molecule has 41 heavy (non-hydrogen) atoms. The molecule has 0 saturated heterocycles. The summed E-state index contributed by atoms with van der Waals surface area (Å²) in [5.74, 6) is -0.564. The molecule has 0 bridgehead atoms. The first kappa shape index (κ1) is 30.2. The smallest absolute Gasteiger partial charge is 0.333 e. The Morgan fingerprint density at radius 2 is 1.90 bits per heavy atom. The predicted molar refractivity (Wildman–Crippen MR) is 157 cm³/mol. The van der Waals surface area contributed by atoms with Crippen LogP contribution in [0.3, 0.4) is 0 Å². The van der Waals surface area contributed by atoms with Crippen molar-refractivity contribution in [1.82, 2.24) is 24.2 Å². The quantitative estimate of drug-likeness (QED) is 0.297. The predicted octanol–water partition coefficient (Wildman–Crippen LogP) is 4.29. The Bertz CT molecular complexity index is 1680. The molecular formula is C29H36FN5O5S. The molecule has 0 spiro atoms. The molecule has 1 aromatic carbocycles. The van der Waals surface area contributed by atoms with Gasteiger partial charge in [0.25, 0.3) is 5.56 Å². The van der Waals surface area contributed by atoms with Crippen LogP contribution < -0.4 is 21.3 Å². The number of amides is 1. The molecule has 1 amide bonds. The molecule has 0 saturated carbocycles. The number of carbonyl (C=O) groups is 1. The van der Waals surface area contributed by atoms with Crippen LogP contribution in [0, 0.1) is 12.7 Å². The van der Waals surface area contributed by atoms with Crippen molar-refractivity contribution in [3.8, 4) is 10.8 Å². The van der Waals surface area contributed by atoms with Crippen molar-refractivity contribution in [3.05, 3.63) is 74.4 Å². The van der Waals surface area contributed by atoms with Gasteiger partial charge >= 0.3 is 5.69 Å². The van der Waals surface area contributed by atoms with Crippen molar-refractivity contribution in [3.63, 3.8) is 0 Å². The van der Waals surface area contributed by atoms with Gasteiger partial charge in [0.2, 0.25) is 5.91 Å². The maximum atomic E-state index is 14.5. The van der Waals surface area contributed by atoms with Crippen LogP contribution in [0.15, 0.2) is 46.2 Å². The van der Waals surface area contributed by atoms with Crippen molar-refractivity contribution in [1.29, 1.82) is 0 Å². The van der Waals surface area contributed by atoms with Gasteiger partial charge in [-0.3, -0.25) is 14.2 Å². The van der Waals surface area contributed by atoms with Crippen molar-refractivity contribution >= 4 is 27.5 Å².